The lowest BCUT2D eigenvalue weighted by Gasteiger charge is -2.10. The van der Waals surface area contributed by atoms with Crippen LogP contribution in [0.3, 0.4) is 0 Å². The minimum absolute atomic E-state index is 0.475. The van der Waals surface area contributed by atoms with Gasteiger partial charge in [-0.2, -0.15) is 4.98 Å². The molecule has 0 saturated carbocycles. The molecule has 106 valence electrons. The summed E-state index contributed by atoms with van der Waals surface area (Å²) in [5, 5.41) is 3.95. The number of pyridine rings is 1. The zero-order valence-corrected chi connectivity index (χ0v) is 12.2. The van der Waals surface area contributed by atoms with Crippen molar-refractivity contribution in [3.05, 3.63) is 47.0 Å². The lowest BCUT2D eigenvalue weighted by Crippen LogP contribution is -2.05. The first-order valence-electron chi connectivity index (χ1n) is 6.56. The third-order valence-corrected chi connectivity index (χ3v) is 2.93. The standard InChI is InChI=1S/C15H18ClN3O/c1-2-8-20-15-13(17)6-7-14(19-15)18-10-11-4-3-5-12(16)9-11/h3-7,9H,2,8,10,17H2,1H3,(H,18,19). The molecule has 0 atom stereocenters. The summed E-state index contributed by atoms with van der Waals surface area (Å²) in [5.41, 5.74) is 7.46. The van der Waals surface area contributed by atoms with Gasteiger partial charge in [-0.15, -0.1) is 0 Å². The van der Waals surface area contributed by atoms with Crippen LogP contribution in [-0.4, -0.2) is 11.6 Å². The molecule has 4 nitrogen and oxygen atoms in total. The second-order valence-electron chi connectivity index (χ2n) is 4.42. The Labute approximate surface area is 123 Å². The van der Waals surface area contributed by atoms with Crippen molar-refractivity contribution in [3.63, 3.8) is 0 Å². The van der Waals surface area contributed by atoms with Crippen LogP contribution in [0.5, 0.6) is 5.88 Å². The van der Waals surface area contributed by atoms with E-state index in [1.807, 2.05) is 37.3 Å². The van der Waals surface area contributed by atoms with Gasteiger partial charge in [-0.25, -0.2) is 0 Å². The number of rotatable bonds is 6. The molecule has 0 radical (unpaired) electrons. The maximum Gasteiger partial charge on any atom is 0.239 e. The normalized spacial score (nSPS) is 10.3. The van der Waals surface area contributed by atoms with E-state index in [4.69, 9.17) is 22.1 Å². The summed E-state index contributed by atoms with van der Waals surface area (Å²) in [6.07, 6.45) is 0.918. The van der Waals surface area contributed by atoms with Gasteiger partial charge in [0.25, 0.3) is 0 Å². The Morgan fingerprint density at radius 1 is 1.30 bits per heavy atom. The molecular weight excluding hydrogens is 274 g/mol. The minimum Gasteiger partial charge on any atom is -0.476 e. The van der Waals surface area contributed by atoms with Crippen molar-refractivity contribution < 1.29 is 4.74 Å². The van der Waals surface area contributed by atoms with Crippen LogP contribution in [0.25, 0.3) is 0 Å². The molecule has 1 heterocycles. The van der Waals surface area contributed by atoms with Crippen molar-refractivity contribution in [1.29, 1.82) is 0 Å². The van der Waals surface area contributed by atoms with Gasteiger partial charge >= 0.3 is 0 Å². The van der Waals surface area contributed by atoms with Crippen LogP contribution >= 0.6 is 11.6 Å². The number of benzene rings is 1. The minimum atomic E-state index is 0.475. The topological polar surface area (TPSA) is 60.2 Å². The highest BCUT2D eigenvalue weighted by Crippen LogP contribution is 2.21. The summed E-state index contributed by atoms with van der Waals surface area (Å²) >= 11 is 5.95. The predicted octanol–water partition coefficient (Wildman–Crippen LogP) is 3.72. The second kappa shape index (κ2) is 7.01. The monoisotopic (exact) mass is 291 g/mol. The first kappa shape index (κ1) is 14.5. The lowest BCUT2D eigenvalue weighted by atomic mass is 10.2. The first-order chi connectivity index (χ1) is 9.69. The zero-order chi connectivity index (χ0) is 14.4. The van der Waals surface area contributed by atoms with Crippen molar-refractivity contribution in [3.8, 4) is 5.88 Å². The third-order valence-electron chi connectivity index (χ3n) is 2.70. The van der Waals surface area contributed by atoms with Gasteiger partial charge in [-0.1, -0.05) is 30.7 Å². The van der Waals surface area contributed by atoms with Gasteiger partial charge in [0.2, 0.25) is 5.88 Å². The highest BCUT2D eigenvalue weighted by molar-refractivity contribution is 6.30. The fraction of sp³-hybridized carbons (Fsp3) is 0.267. The van der Waals surface area contributed by atoms with Crippen LogP contribution < -0.4 is 15.8 Å². The second-order valence-corrected chi connectivity index (χ2v) is 4.86. The van der Waals surface area contributed by atoms with Crippen molar-refractivity contribution in [2.45, 2.75) is 19.9 Å². The fourth-order valence-electron chi connectivity index (χ4n) is 1.70. The van der Waals surface area contributed by atoms with Crippen LogP contribution in [0.2, 0.25) is 5.02 Å². The van der Waals surface area contributed by atoms with Crippen LogP contribution in [0.15, 0.2) is 36.4 Å². The molecule has 0 spiro atoms. The van der Waals surface area contributed by atoms with Gasteiger partial charge in [-0.3, -0.25) is 0 Å². The molecule has 0 fully saturated rings. The number of hydrogen-bond acceptors (Lipinski definition) is 4. The molecule has 0 aliphatic carbocycles. The molecule has 2 rings (SSSR count). The number of hydrogen-bond donors (Lipinski definition) is 2. The largest absolute Gasteiger partial charge is 0.476 e. The predicted molar refractivity (Wildman–Crippen MR) is 83.2 cm³/mol. The summed E-state index contributed by atoms with van der Waals surface area (Å²) < 4.78 is 5.50. The highest BCUT2D eigenvalue weighted by atomic mass is 35.5. The van der Waals surface area contributed by atoms with Crippen molar-refractivity contribution >= 4 is 23.1 Å². The molecule has 0 aliphatic rings. The van der Waals surface area contributed by atoms with Crippen LogP contribution in [0, 0.1) is 0 Å². The van der Waals surface area contributed by atoms with Crippen molar-refractivity contribution in [2.75, 3.05) is 17.7 Å². The molecule has 3 N–H and O–H groups in total. The fourth-order valence-corrected chi connectivity index (χ4v) is 1.92. The number of aromatic nitrogens is 1. The molecule has 1 aromatic heterocycles. The van der Waals surface area contributed by atoms with E-state index in [0.29, 0.717) is 24.7 Å². The number of anilines is 2. The van der Waals surface area contributed by atoms with Gasteiger partial charge in [0.1, 0.15) is 5.82 Å². The molecule has 20 heavy (non-hydrogen) atoms. The summed E-state index contributed by atoms with van der Waals surface area (Å²) in [7, 11) is 0. The van der Waals surface area contributed by atoms with E-state index in [2.05, 4.69) is 10.3 Å². The Hall–Kier alpha value is -1.94. The molecule has 0 bridgehead atoms. The molecule has 2 aromatic rings. The number of nitrogens with zero attached hydrogens (tertiary/aromatic N) is 1. The van der Waals surface area contributed by atoms with Crippen LogP contribution in [-0.2, 0) is 6.54 Å². The summed E-state index contributed by atoms with van der Waals surface area (Å²) in [6.45, 7) is 3.29. The number of nitrogen functional groups attached to an aromatic ring is 1. The lowest BCUT2D eigenvalue weighted by molar-refractivity contribution is 0.307. The van der Waals surface area contributed by atoms with Crippen molar-refractivity contribution in [1.82, 2.24) is 4.98 Å². The molecule has 0 amide bonds. The van der Waals surface area contributed by atoms with Crippen LogP contribution in [0.1, 0.15) is 18.9 Å². The number of nitrogens with two attached hydrogens (primary N) is 1. The zero-order valence-electron chi connectivity index (χ0n) is 11.4. The Morgan fingerprint density at radius 3 is 2.90 bits per heavy atom. The van der Waals surface area contributed by atoms with Gasteiger partial charge in [0.05, 0.1) is 12.3 Å². The summed E-state index contributed by atoms with van der Waals surface area (Å²) in [5.74, 6) is 1.20. The molecule has 5 heteroatoms. The van der Waals surface area contributed by atoms with Gasteiger partial charge in [0, 0.05) is 11.6 Å². The average molecular weight is 292 g/mol. The molecule has 0 saturated heterocycles. The van der Waals surface area contributed by atoms with Crippen molar-refractivity contribution in [2.24, 2.45) is 0 Å². The Bertz CT molecular complexity index is 575. The van der Waals surface area contributed by atoms with E-state index < -0.39 is 0 Å². The van der Waals surface area contributed by atoms with E-state index >= 15 is 0 Å². The Balaban J connectivity index is 2.02. The molecule has 0 unspecified atom stereocenters. The number of ether oxygens (including phenoxy) is 1. The molecule has 1 aromatic carbocycles. The SMILES string of the molecule is CCCOc1nc(NCc2cccc(Cl)c2)ccc1N. The smallest absolute Gasteiger partial charge is 0.239 e. The van der Waals surface area contributed by atoms with Gasteiger partial charge < -0.3 is 15.8 Å². The van der Waals surface area contributed by atoms with E-state index in [0.717, 1.165) is 22.8 Å². The van der Waals surface area contributed by atoms with E-state index in [9.17, 15) is 0 Å². The Kier molecular flexibility index (Phi) is 5.07. The van der Waals surface area contributed by atoms with E-state index in [1.165, 1.54) is 0 Å². The average Bonchev–Trinajstić information content (AvgIpc) is 2.45. The summed E-state index contributed by atoms with van der Waals surface area (Å²) in [6, 6.07) is 11.3. The first-order valence-corrected chi connectivity index (χ1v) is 6.94. The van der Waals surface area contributed by atoms with Gasteiger partial charge in [0.15, 0.2) is 0 Å². The third kappa shape index (κ3) is 4.03. The maximum atomic E-state index is 5.95. The number of nitrogens with one attached hydrogen (secondary N) is 1. The van der Waals surface area contributed by atoms with E-state index in [-0.39, 0.29) is 0 Å². The maximum absolute atomic E-state index is 5.95. The quantitative estimate of drug-likeness (QED) is 0.851. The van der Waals surface area contributed by atoms with E-state index in [1.54, 1.807) is 6.07 Å². The molecule has 0 aliphatic heterocycles. The summed E-state index contributed by atoms with van der Waals surface area (Å²) in [4.78, 5) is 4.36. The number of halogens is 1. The molecular formula is C15H18ClN3O. The Morgan fingerprint density at radius 2 is 2.15 bits per heavy atom. The highest BCUT2D eigenvalue weighted by Gasteiger charge is 2.04. The van der Waals surface area contributed by atoms with Crippen LogP contribution in [0.4, 0.5) is 11.5 Å². The van der Waals surface area contributed by atoms with Gasteiger partial charge in [-0.05, 0) is 36.2 Å².